The molecule has 1 aliphatic heterocycles. The Kier molecular flexibility index (Phi) is 5.45. The van der Waals surface area contributed by atoms with E-state index < -0.39 is 17.4 Å². The van der Waals surface area contributed by atoms with E-state index in [1.165, 1.54) is 0 Å². The fraction of sp³-hybridized carbons (Fsp3) is 0.476. The summed E-state index contributed by atoms with van der Waals surface area (Å²) in [5.74, 6) is -1.58. The average Bonchev–Trinajstić information content (AvgIpc) is 3.25. The van der Waals surface area contributed by atoms with Crippen LogP contribution in [0, 0.1) is 11.3 Å². The first-order valence-corrected chi connectivity index (χ1v) is 9.59. The molecule has 0 bridgehead atoms. The molecule has 1 aliphatic rings. The predicted molar refractivity (Wildman–Crippen MR) is 106 cm³/mol. The first-order valence-electron chi connectivity index (χ1n) is 9.59. The minimum Gasteiger partial charge on any atom is -0.481 e. The van der Waals surface area contributed by atoms with Gasteiger partial charge in [0.05, 0.1) is 5.41 Å². The van der Waals surface area contributed by atoms with Gasteiger partial charge >= 0.3 is 5.97 Å². The van der Waals surface area contributed by atoms with Crippen LogP contribution in [0.4, 0.5) is 0 Å². The highest BCUT2D eigenvalue weighted by Crippen LogP contribution is 2.31. The van der Waals surface area contributed by atoms with Gasteiger partial charge in [-0.15, -0.1) is 0 Å². The molecule has 2 aromatic rings. The number of likely N-dealkylation sites (tertiary alicyclic amines) is 1. The molecule has 28 heavy (non-hydrogen) atoms. The number of aromatic amines is 1. The van der Waals surface area contributed by atoms with Gasteiger partial charge in [0.1, 0.15) is 6.04 Å². The van der Waals surface area contributed by atoms with E-state index in [2.05, 4.69) is 10.3 Å². The molecule has 3 rings (SSSR count). The van der Waals surface area contributed by atoms with Crippen LogP contribution < -0.4 is 5.32 Å². The third-order valence-corrected chi connectivity index (χ3v) is 5.54. The number of para-hydroxylation sites is 1. The van der Waals surface area contributed by atoms with Gasteiger partial charge in [-0.1, -0.05) is 32.0 Å². The Hall–Kier alpha value is -2.83. The normalized spacial score (nSPS) is 20.5. The molecule has 0 spiro atoms. The van der Waals surface area contributed by atoms with Crippen LogP contribution in [0.25, 0.3) is 10.9 Å². The van der Waals surface area contributed by atoms with Crippen LogP contribution in [-0.4, -0.2) is 51.9 Å². The number of carboxylic acids is 1. The number of carboxylic acid groups (broad SMARTS) is 1. The summed E-state index contributed by atoms with van der Waals surface area (Å²) < 4.78 is 0. The van der Waals surface area contributed by atoms with Crippen LogP contribution in [0.3, 0.4) is 0 Å². The van der Waals surface area contributed by atoms with Gasteiger partial charge in [-0.2, -0.15) is 0 Å². The van der Waals surface area contributed by atoms with Crippen LogP contribution in [0.1, 0.15) is 32.8 Å². The third-order valence-electron chi connectivity index (χ3n) is 5.54. The fourth-order valence-electron chi connectivity index (χ4n) is 3.60. The number of nitrogens with one attached hydrogen (secondary N) is 2. The smallest absolute Gasteiger partial charge is 0.311 e. The maximum atomic E-state index is 13.2. The predicted octanol–water partition coefficient (Wildman–Crippen LogP) is 2.17. The number of carbonyl (C=O) groups is 3. The summed E-state index contributed by atoms with van der Waals surface area (Å²) >= 11 is 0. The molecule has 1 fully saturated rings. The monoisotopic (exact) mass is 385 g/mol. The quantitative estimate of drug-likeness (QED) is 0.709. The molecule has 7 nitrogen and oxygen atoms in total. The van der Waals surface area contributed by atoms with Gasteiger partial charge in [0.2, 0.25) is 11.8 Å². The highest BCUT2D eigenvalue weighted by molar-refractivity contribution is 5.91. The number of amides is 2. The summed E-state index contributed by atoms with van der Waals surface area (Å²) in [4.78, 5) is 41.8. The Bertz CT molecular complexity index is 904. The van der Waals surface area contributed by atoms with Crippen molar-refractivity contribution in [2.45, 2.75) is 39.7 Å². The number of nitrogens with zero attached hydrogens (tertiary/aromatic N) is 1. The van der Waals surface area contributed by atoms with Gasteiger partial charge in [0.25, 0.3) is 0 Å². The van der Waals surface area contributed by atoms with E-state index in [4.69, 9.17) is 0 Å². The molecule has 2 heterocycles. The van der Waals surface area contributed by atoms with Crippen molar-refractivity contribution >= 4 is 28.7 Å². The third kappa shape index (κ3) is 3.88. The zero-order valence-electron chi connectivity index (χ0n) is 16.5. The molecule has 7 heteroatoms. The largest absolute Gasteiger partial charge is 0.481 e. The summed E-state index contributed by atoms with van der Waals surface area (Å²) in [5, 5.41) is 13.3. The average molecular weight is 385 g/mol. The van der Waals surface area contributed by atoms with E-state index in [1.807, 2.05) is 30.5 Å². The van der Waals surface area contributed by atoms with Gasteiger partial charge < -0.3 is 20.3 Å². The summed E-state index contributed by atoms with van der Waals surface area (Å²) in [7, 11) is 0. The van der Waals surface area contributed by atoms with Gasteiger partial charge in [-0.25, -0.2) is 0 Å². The second-order valence-electron chi connectivity index (χ2n) is 8.16. The van der Waals surface area contributed by atoms with E-state index in [1.54, 1.807) is 25.7 Å². The molecule has 2 unspecified atom stereocenters. The fourth-order valence-corrected chi connectivity index (χ4v) is 3.60. The van der Waals surface area contributed by atoms with Crippen LogP contribution in [0.5, 0.6) is 0 Å². The topological polar surface area (TPSA) is 103 Å². The lowest BCUT2D eigenvalue weighted by Gasteiger charge is -2.26. The van der Waals surface area contributed by atoms with E-state index in [-0.39, 0.29) is 24.3 Å². The van der Waals surface area contributed by atoms with Crippen molar-refractivity contribution in [3.8, 4) is 0 Å². The van der Waals surface area contributed by atoms with Crippen LogP contribution >= 0.6 is 0 Å². The number of benzene rings is 1. The van der Waals surface area contributed by atoms with Crippen molar-refractivity contribution in [2.75, 3.05) is 13.1 Å². The molecule has 2 amide bonds. The van der Waals surface area contributed by atoms with Gasteiger partial charge in [-0.3, -0.25) is 14.4 Å². The van der Waals surface area contributed by atoms with Crippen molar-refractivity contribution in [3.05, 3.63) is 36.0 Å². The highest BCUT2D eigenvalue weighted by atomic mass is 16.4. The molecule has 3 N–H and O–H groups in total. The summed E-state index contributed by atoms with van der Waals surface area (Å²) in [6.07, 6.45) is 2.62. The highest BCUT2D eigenvalue weighted by Gasteiger charge is 2.43. The molecule has 0 radical (unpaired) electrons. The Balaban J connectivity index is 1.84. The maximum absolute atomic E-state index is 13.2. The Labute approximate surface area is 164 Å². The number of aromatic nitrogens is 1. The molecular weight excluding hydrogens is 358 g/mol. The first-order chi connectivity index (χ1) is 13.2. The van der Waals surface area contributed by atoms with Crippen molar-refractivity contribution in [1.29, 1.82) is 0 Å². The number of hydrogen-bond acceptors (Lipinski definition) is 3. The number of H-pyrrole nitrogens is 1. The molecule has 2 atom stereocenters. The van der Waals surface area contributed by atoms with Crippen LogP contribution in [0.2, 0.25) is 0 Å². The van der Waals surface area contributed by atoms with Crippen LogP contribution in [-0.2, 0) is 20.8 Å². The number of carbonyl (C=O) groups excluding carboxylic acids is 2. The summed E-state index contributed by atoms with van der Waals surface area (Å²) in [6.45, 7) is 5.75. The van der Waals surface area contributed by atoms with Crippen molar-refractivity contribution in [3.63, 3.8) is 0 Å². The first kappa shape index (κ1) is 19.9. The molecular formula is C21H27N3O4. The van der Waals surface area contributed by atoms with Gasteiger partial charge in [0, 0.05) is 42.5 Å². The second kappa shape index (κ2) is 7.66. The van der Waals surface area contributed by atoms with Crippen molar-refractivity contribution in [2.24, 2.45) is 11.3 Å². The maximum Gasteiger partial charge on any atom is 0.311 e. The molecule has 0 saturated carbocycles. The lowest BCUT2D eigenvalue weighted by Crippen LogP contribution is -2.50. The second-order valence-corrected chi connectivity index (χ2v) is 8.16. The van der Waals surface area contributed by atoms with Gasteiger partial charge in [0.15, 0.2) is 0 Å². The minimum absolute atomic E-state index is 0.156. The van der Waals surface area contributed by atoms with E-state index in [9.17, 15) is 19.5 Å². The number of hydrogen-bond donors (Lipinski definition) is 3. The van der Waals surface area contributed by atoms with E-state index in [0.29, 0.717) is 19.4 Å². The molecule has 1 saturated heterocycles. The standard InChI is InChI=1S/C21H27N3O4/c1-13(2)18(25)23-17(10-14-11-22-16-7-5-4-6-15(14)16)19(26)24-9-8-21(3,12-24)20(27)28/h4-7,11,13,17,22H,8-10,12H2,1-3H3,(H,23,25)(H,27,28). The Morgan fingerprint density at radius 3 is 2.64 bits per heavy atom. The molecule has 150 valence electrons. The molecule has 0 aliphatic carbocycles. The molecule has 1 aromatic carbocycles. The zero-order valence-corrected chi connectivity index (χ0v) is 16.5. The Morgan fingerprint density at radius 2 is 2.00 bits per heavy atom. The summed E-state index contributed by atoms with van der Waals surface area (Å²) in [6, 6.07) is 7.07. The van der Waals surface area contributed by atoms with Gasteiger partial charge in [-0.05, 0) is 25.0 Å². The minimum atomic E-state index is -0.941. The summed E-state index contributed by atoms with van der Waals surface area (Å²) in [5.41, 5.74) is 0.972. The zero-order chi connectivity index (χ0) is 20.5. The SMILES string of the molecule is CC(C)C(=O)NC(Cc1c[nH]c2ccccc12)C(=O)N1CCC(C)(C(=O)O)C1. The lowest BCUT2D eigenvalue weighted by atomic mass is 9.90. The molecule has 1 aromatic heterocycles. The Morgan fingerprint density at radius 1 is 1.29 bits per heavy atom. The lowest BCUT2D eigenvalue weighted by molar-refractivity contribution is -0.147. The van der Waals surface area contributed by atoms with E-state index in [0.717, 1.165) is 16.5 Å². The number of aliphatic carboxylic acids is 1. The van der Waals surface area contributed by atoms with E-state index >= 15 is 0 Å². The van der Waals surface area contributed by atoms with Crippen molar-refractivity contribution in [1.82, 2.24) is 15.2 Å². The number of rotatable bonds is 6. The number of fused-ring (bicyclic) bond motifs is 1. The van der Waals surface area contributed by atoms with Crippen molar-refractivity contribution < 1.29 is 19.5 Å². The van der Waals surface area contributed by atoms with Crippen LogP contribution in [0.15, 0.2) is 30.5 Å².